The molecular weight excluding hydrogens is 221 g/mol. The molecule has 1 aromatic rings. The van der Waals surface area contributed by atoms with E-state index >= 15 is 0 Å². The van der Waals surface area contributed by atoms with Crippen molar-refractivity contribution >= 4 is 5.69 Å². The summed E-state index contributed by atoms with van der Waals surface area (Å²) in [6.07, 6.45) is 0.747. The van der Waals surface area contributed by atoms with Crippen molar-refractivity contribution in [2.75, 3.05) is 18.4 Å². The second kappa shape index (κ2) is 6.22. The number of anilines is 1. The molecule has 0 saturated carbocycles. The van der Waals surface area contributed by atoms with Gasteiger partial charge in [0.15, 0.2) is 11.6 Å². The molecule has 0 saturated heterocycles. The van der Waals surface area contributed by atoms with E-state index in [0.717, 1.165) is 18.6 Å². The van der Waals surface area contributed by atoms with Crippen LogP contribution in [0.1, 0.15) is 6.42 Å². The summed E-state index contributed by atoms with van der Waals surface area (Å²) in [5.41, 5.74) is 5.79. The van der Waals surface area contributed by atoms with Crippen molar-refractivity contribution in [2.24, 2.45) is 5.73 Å². The molecule has 0 aromatic heterocycles. The number of rotatable bonds is 6. The first kappa shape index (κ1) is 12.6. The molecule has 0 heterocycles. The van der Waals surface area contributed by atoms with Gasteiger partial charge in [0.2, 0.25) is 0 Å². The summed E-state index contributed by atoms with van der Waals surface area (Å²) >= 11 is 0. The fourth-order valence-corrected chi connectivity index (χ4v) is 1.14. The maximum Gasteiger partial charge on any atom is 0.387 e. The summed E-state index contributed by atoms with van der Waals surface area (Å²) in [7, 11) is 0. The SMILES string of the molecule is NCCCNc1ccc(OC(F)F)c(F)c1. The molecule has 6 heteroatoms. The summed E-state index contributed by atoms with van der Waals surface area (Å²) in [5, 5.41) is 2.90. The molecule has 0 radical (unpaired) electrons. The summed E-state index contributed by atoms with van der Waals surface area (Å²) in [4.78, 5) is 0. The van der Waals surface area contributed by atoms with Crippen LogP contribution in [-0.2, 0) is 0 Å². The molecule has 0 atom stereocenters. The van der Waals surface area contributed by atoms with Crippen LogP contribution < -0.4 is 15.8 Å². The van der Waals surface area contributed by atoms with Gasteiger partial charge in [0, 0.05) is 18.3 Å². The minimum Gasteiger partial charge on any atom is -0.432 e. The van der Waals surface area contributed by atoms with E-state index in [4.69, 9.17) is 5.73 Å². The largest absolute Gasteiger partial charge is 0.432 e. The molecule has 1 rings (SSSR count). The van der Waals surface area contributed by atoms with Gasteiger partial charge in [-0.2, -0.15) is 8.78 Å². The Kier molecular flexibility index (Phi) is 4.91. The summed E-state index contributed by atoms with van der Waals surface area (Å²) in [6.45, 7) is -1.89. The van der Waals surface area contributed by atoms with Gasteiger partial charge in [0.25, 0.3) is 0 Å². The van der Waals surface area contributed by atoms with Gasteiger partial charge in [-0.3, -0.25) is 0 Å². The minimum atomic E-state index is -3.02. The predicted molar refractivity (Wildman–Crippen MR) is 55.2 cm³/mol. The van der Waals surface area contributed by atoms with E-state index in [1.165, 1.54) is 6.07 Å². The Balaban J connectivity index is 2.60. The lowest BCUT2D eigenvalue weighted by Gasteiger charge is -2.09. The van der Waals surface area contributed by atoms with E-state index in [0.29, 0.717) is 18.8 Å². The van der Waals surface area contributed by atoms with Gasteiger partial charge in [-0.1, -0.05) is 0 Å². The highest BCUT2D eigenvalue weighted by Gasteiger charge is 2.09. The molecule has 0 aliphatic carbocycles. The van der Waals surface area contributed by atoms with Crippen LogP contribution in [0.4, 0.5) is 18.9 Å². The Morgan fingerprint density at radius 3 is 2.69 bits per heavy atom. The van der Waals surface area contributed by atoms with Crippen molar-refractivity contribution < 1.29 is 17.9 Å². The number of alkyl halides is 2. The number of nitrogens with one attached hydrogen (secondary N) is 1. The van der Waals surface area contributed by atoms with Gasteiger partial charge in [0.05, 0.1) is 0 Å². The van der Waals surface area contributed by atoms with Gasteiger partial charge >= 0.3 is 6.61 Å². The van der Waals surface area contributed by atoms with E-state index in [1.54, 1.807) is 0 Å². The van der Waals surface area contributed by atoms with Crippen molar-refractivity contribution in [3.05, 3.63) is 24.0 Å². The van der Waals surface area contributed by atoms with Crippen molar-refractivity contribution in [1.82, 2.24) is 0 Å². The number of nitrogens with two attached hydrogens (primary N) is 1. The van der Waals surface area contributed by atoms with Crippen LogP contribution in [0.3, 0.4) is 0 Å². The maximum atomic E-state index is 13.2. The number of ether oxygens (including phenoxy) is 1. The lowest BCUT2D eigenvalue weighted by Crippen LogP contribution is -2.09. The lowest BCUT2D eigenvalue weighted by molar-refractivity contribution is -0.0521. The Bertz CT molecular complexity index is 334. The van der Waals surface area contributed by atoms with Crippen LogP contribution in [0.15, 0.2) is 18.2 Å². The molecule has 0 amide bonds. The first-order valence-corrected chi connectivity index (χ1v) is 4.82. The van der Waals surface area contributed by atoms with E-state index in [1.807, 2.05) is 0 Å². The lowest BCUT2D eigenvalue weighted by atomic mass is 10.3. The number of benzene rings is 1. The average molecular weight is 234 g/mol. The van der Waals surface area contributed by atoms with Gasteiger partial charge in [-0.25, -0.2) is 4.39 Å². The third-order valence-electron chi connectivity index (χ3n) is 1.86. The second-order valence-electron chi connectivity index (χ2n) is 3.09. The van der Waals surface area contributed by atoms with E-state index in [2.05, 4.69) is 10.1 Å². The van der Waals surface area contributed by atoms with Crippen LogP contribution in [0.25, 0.3) is 0 Å². The smallest absolute Gasteiger partial charge is 0.387 e. The highest BCUT2D eigenvalue weighted by molar-refractivity contribution is 5.47. The fraction of sp³-hybridized carbons (Fsp3) is 0.400. The third-order valence-corrected chi connectivity index (χ3v) is 1.86. The van der Waals surface area contributed by atoms with Crippen LogP contribution in [0.5, 0.6) is 5.75 Å². The monoisotopic (exact) mass is 234 g/mol. The van der Waals surface area contributed by atoms with Gasteiger partial charge in [0.1, 0.15) is 0 Å². The zero-order valence-electron chi connectivity index (χ0n) is 8.55. The van der Waals surface area contributed by atoms with E-state index in [-0.39, 0.29) is 0 Å². The van der Waals surface area contributed by atoms with Crippen molar-refractivity contribution in [2.45, 2.75) is 13.0 Å². The summed E-state index contributed by atoms with van der Waals surface area (Å²) in [6, 6.07) is 3.73. The zero-order valence-corrected chi connectivity index (χ0v) is 8.55. The molecule has 3 N–H and O–H groups in total. The first-order chi connectivity index (χ1) is 7.63. The maximum absolute atomic E-state index is 13.2. The van der Waals surface area contributed by atoms with E-state index in [9.17, 15) is 13.2 Å². The van der Waals surface area contributed by atoms with Crippen LogP contribution >= 0.6 is 0 Å². The molecule has 16 heavy (non-hydrogen) atoms. The molecule has 0 bridgehead atoms. The normalized spacial score (nSPS) is 10.6. The summed E-state index contributed by atoms with van der Waals surface area (Å²) < 4.78 is 40.8. The van der Waals surface area contributed by atoms with Gasteiger partial charge in [-0.15, -0.1) is 0 Å². The molecule has 90 valence electrons. The van der Waals surface area contributed by atoms with Crippen LogP contribution in [0.2, 0.25) is 0 Å². The Hall–Kier alpha value is -1.43. The van der Waals surface area contributed by atoms with Crippen LogP contribution in [0, 0.1) is 5.82 Å². The Labute approximate surface area is 91.4 Å². The molecule has 1 aromatic carbocycles. The third kappa shape index (κ3) is 3.98. The topological polar surface area (TPSA) is 47.3 Å². The van der Waals surface area contributed by atoms with Crippen molar-refractivity contribution in [3.8, 4) is 5.75 Å². The van der Waals surface area contributed by atoms with E-state index < -0.39 is 18.2 Å². The molecule has 0 spiro atoms. The van der Waals surface area contributed by atoms with Crippen molar-refractivity contribution in [1.29, 1.82) is 0 Å². The quantitative estimate of drug-likeness (QED) is 0.742. The number of hydrogen-bond acceptors (Lipinski definition) is 3. The molecule has 0 fully saturated rings. The van der Waals surface area contributed by atoms with Crippen LogP contribution in [-0.4, -0.2) is 19.7 Å². The first-order valence-electron chi connectivity index (χ1n) is 4.82. The standard InChI is InChI=1S/C10H13F3N2O/c11-8-6-7(15-5-1-4-14)2-3-9(8)16-10(12)13/h2-3,6,10,15H,1,4-5,14H2. The summed E-state index contributed by atoms with van der Waals surface area (Å²) in [5.74, 6) is -1.28. The van der Waals surface area contributed by atoms with Crippen molar-refractivity contribution in [3.63, 3.8) is 0 Å². The Morgan fingerprint density at radius 1 is 1.38 bits per heavy atom. The highest BCUT2D eigenvalue weighted by Crippen LogP contribution is 2.22. The van der Waals surface area contributed by atoms with Gasteiger partial charge < -0.3 is 15.8 Å². The second-order valence-corrected chi connectivity index (χ2v) is 3.09. The predicted octanol–water partition coefficient (Wildman–Crippen LogP) is 2.19. The average Bonchev–Trinajstić information content (AvgIpc) is 2.22. The number of hydrogen-bond donors (Lipinski definition) is 2. The van der Waals surface area contributed by atoms with Gasteiger partial charge in [-0.05, 0) is 25.1 Å². The Morgan fingerprint density at radius 2 is 2.12 bits per heavy atom. The highest BCUT2D eigenvalue weighted by atomic mass is 19.3. The molecular formula is C10H13F3N2O. The molecule has 3 nitrogen and oxygen atoms in total. The molecule has 0 unspecified atom stereocenters. The zero-order chi connectivity index (χ0) is 12.0. The molecule has 0 aliphatic rings. The number of halogens is 3. The minimum absolute atomic E-state index is 0.459. The molecule has 0 aliphatic heterocycles. The fourth-order valence-electron chi connectivity index (χ4n) is 1.14.